The highest BCUT2D eigenvalue weighted by Gasteiger charge is 2.27. The second-order valence-electron chi connectivity index (χ2n) is 9.30. The van der Waals surface area contributed by atoms with Crippen LogP contribution in [-0.4, -0.2) is 0 Å². The minimum Gasteiger partial charge on any atom is -0.208 e. The summed E-state index contributed by atoms with van der Waals surface area (Å²) < 4.78 is 29.5. The van der Waals surface area contributed by atoms with E-state index in [-0.39, 0.29) is 5.92 Å². The molecule has 28 heavy (non-hydrogen) atoms. The quantitative estimate of drug-likeness (QED) is 0.437. The van der Waals surface area contributed by atoms with Gasteiger partial charge in [0.15, 0.2) is 5.83 Å². The van der Waals surface area contributed by atoms with Gasteiger partial charge in [-0.1, -0.05) is 63.8 Å². The summed E-state index contributed by atoms with van der Waals surface area (Å²) in [4.78, 5) is 0. The van der Waals surface area contributed by atoms with Crippen molar-refractivity contribution in [3.05, 3.63) is 41.2 Å². The van der Waals surface area contributed by atoms with Crippen molar-refractivity contribution in [3.8, 4) is 0 Å². The molecule has 156 valence electrons. The van der Waals surface area contributed by atoms with Crippen LogP contribution in [0.2, 0.25) is 0 Å². The molecular formula is C26H38F2. The Morgan fingerprint density at radius 3 is 1.75 bits per heavy atom. The minimum atomic E-state index is -0.628. The Bertz CT molecular complexity index is 614. The number of halogens is 2. The Kier molecular flexibility index (Phi) is 8.11. The Balaban J connectivity index is 1.59. The molecule has 0 heterocycles. The molecule has 0 aliphatic heterocycles. The highest BCUT2D eigenvalue weighted by molar-refractivity contribution is 5.61. The Morgan fingerprint density at radius 2 is 1.25 bits per heavy atom. The van der Waals surface area contributed by atoms with E-state index in [0.29, 0.717) is 17.4 Å². The zero-order chi connectivity index (χ0) is 19.9. The van der Waals surface area contributed by atoms with Crippen molar-refractivity contribution < 1.29 is 8.78 Å². The molecule has 3 rings (SSSR count). The highest BCUT2D eigenvalue weighted by Crippen LogP contribution is 2.40. The van der Waals surface area contributed by atoms with E-state index in [2.05, 4.69) is 13.8 Å². The van der Waals surface area contributed by atoms with Gasteiger partial charge in [0.05, 0.1) is 0 Å². The van der Waals surface area contributed by atoms with Gasteiger partial charge < -0.3 is 0 Å². The molecule has 0 spiro atoms. The minimum absolute atomic E-state index is 0.221. The molecule has 0 atom stereocenters. The van der Waals surface area contributed by atoms with Crippen LogP contribution < -0.4 is 0 Å². The molecule has 2 aliphatic carbocycles. The van der Waals surface area contributed by atoms with Gasteiger partial charge in [-0.3, -0.25) is 0 Å². The van der Waals surface area contributed by atoms with Crippen molar-refractivity contribution in [1.82, 2.24) is 0 Å². The lowest BCUT2D eigenvalue weighted by Crippen LogP contribution is -2.15. The van der Waals surface area contributed by atoms with E-state index in [1.54, 1.807) is 12.1 Å². The van der Waals surface area contributed by atoms with Crippen LogP contribution in [0.25, 0.3) is 5.83 Å². The van der Waals surface area contributed by atoms with Crippen molar-refractivity contribution >= 4 is 5.83 Å². The first-order valence-electron chi connectivity index (χ1n) is 11.8. The van der Waals surface area contributed by atoms with Crippen molar-refractivity contribution in [1.29, 1.82) is 0 Å². The molecule has 0 saturated heterocycles. The van der Waals surface area contributed by atoms with Gasteiger partial charge in [0, 0.05) is 11.5 Å². The molecule has 2 fully saturated rings. The third-order valence-corrected chi connectivity index (χ3v) is 7.29. The lowest BCUT2D eigenvalue weighted by Gasteiger charge is -2.29. The van der Waals surface area contributed by atoms with Crippen molar-refractivity contribution in [2.24, 2.45) is 17.8 Å². The van der Waals surface area contributed by atoms with Gasteiger partial charge in [0.2, 0.25) is 0 Å². The number of hydrogen-bond donors (Lipinski definition) is 0. The number of rotatable bonds is 7. The second kappa shape index (κ2) is 10.6. The molecule has 0 bridgehead atoms. The first kappa shape index (κ1) is 21.5. The Hall–Kier alpha value is -1.18. The highest BCUT2D eigenvalue weighted by atomic mass is 19.2. The molecule has 1 aromatic carbocycles. The molecule has 2 heteroatoms. The van der Waals surface area contributed by atoms with E-state index in [9.17, 15) is 8.78 Å². The van der Waals surface area contributed by atoms with Crippen LogP contribution in [0, 0.1) is 17.8 Å². The molecule has 1 aromatic rings. The fraction of sp³-hybridized carbons (Fsp3) is 0.692. The fourth-order valence-electron chi connectivity index (χ4n) is 5.52. The largest absolute Gasteiger partial charge is 0.208 e. The number of hydrogen-bond acceptors (Lipinski definition) is 0. The van der Waals surface area contributed by atoms with Crippen LogP contribution in [0.15, 0.2) is 30.1 Å². The average molecular weight is 389 g/mol. The summed E-state index contributed by atoms with van der Waals surface area (Å²) in [6.45, 7) is 4.47. The van der Waals surface area contributed by atoms with Crippen LogP contribution >= 0.6 is 0 Å². The maximum atomic E-state index is 14.8. The monoisotopic (exact) mass is 388 g/mol. The standard InChI is InChI=1S/C26H38F2/c1-3-5-19-7-11-21(12-8-19)22-15-17-24(18-16-22)26(28)25(27)23-13-9-20(6-4-2)10-14-23/h15-21,23H,3-14H2,1-2H3/b26-25+. The smallest absolute Gasteiger partial charge is 0.162 e. The fourth-order valence-corrected chi connectivity index (χ4v) is 5.52. The van der Waals surface area contributed by atoms with E-state index < -0.39 is 11.7 Å². The summed E-state index contributed by atoms with van der Waals surface area (Å²) in [6, 6.07) is 7.66. The topological polar surface area (TPSA) is 0 Å². The zero-order valence-corrected chi connectivity index (χ0v) is 17.9. The molecule has 0 amide bonds. The van der Waals surface area contributed by atoms with E-state index in [1.165, 1.54) is 56.9 Å². The van der Waals surface area contributed by atoms with Crippen molar-refractivity contribution in [2.75, 3.05) is 0 Å². The van der Waals surface area contributed by atoms with E-state index in [1.807, 2.05) is 12.1 Å². The number of allylic oxidation sites excluding steroid dienone is 1. The lowest BCUT2D eigenvalue weighted by atomic mass is 9.77. The molecule has 2 saturated carbocycles. The molecule has 0 nitrogen and oxygen atoms in total. The van der Waals surface area contributed by atoms with Gasteiger partial charge in [0.1, 0.15) is 5.83 Å². The summed E-state index contributed by atoms with van der Waals surface area (Å²) in [7, 11) is 0. The van der Waals surface area contributed by atoms with E-state index >= 15 is 0 Å². The lowest BCUT2D eigenvalue weighted by molar-refractivity contribution is 0.261. The van der Waals surface area contributed by atoms with E-state index in [4.69, 9.17) is 0 Å². The molecule has 0 aromatic heterocycles. The molecule has 2 aliphatic rings. The number of benzene rings is 1. The maximum Gasteiger partial charge on any atom is 0.162 e. The summed E-state index contributed by atoms with van der Waals surface area (Å²) in [5, 5.41) is 0. The van der Waals surface area contributed by atoms with Gasteiger partial charge in [-0.25, -0.2) is 8.78 Å². The maximum absolute atomic E-state index is 14.8. The molecule has 0 unspecified atom stereocenters. The molecular weight excluding hydrogens is 350 g/mol. The van der Waals surface area contributed by atoms with Crippen LogP contribution in [0.1, 0.15) is 108 Å². The van der Waals surface area contributed by atoms with Crippen LogP contribution in [-0.2, 0) is 0 Å². The van der Waals surface area contributed by atoms with E-state index in [0.717, 1.165) is 31.6 Å². The Labute approximate surface area is 170 Å². The van der Waals surface area contributed by atoms with Crippen LogP contribution in [0.4, 0.5) is 8.78 Å². The third-order valence-electron chi connectivity index (χ3n) is 7.29. The first-order chi connectivity index (χ1) is 13.6. The summed E-state index contributed by atoms with van der Waals surface area (Å²) >= 11 is 0. The SMILES string of the molecule is CCCC1CCC(/C(F)=C(\F)c2ccc(C3CCC(CCC)CC3)cc2)CC1. The summed E-state index contributed by atoms with van der Waals surface area (Å²) in [5.74, 6) is 0.834. The van der Waals surface area contributed by atoms with Crippen molar-refractivity contribution in [3.63, 3.8) is 0 Å². The third kappa shape index (κ3) is 5.45. The predicted molar refractivity (Wildman–Crippen MR) is 116 cm³/mol. The summed E-state index contributed by atoms with van der Waals surface area (Å²) in [5.41, 5.74) is 1.71. The Morgan fingerprint density at radius 1 is 0.750 bits per heavy atom. The van der Waals surface area contributed by atoms with Gasteiger partial charge in [-0.05, 0) is 74.7 Å². The second-order valence-corrected chi connectivity index (χ2v) is 9.30. The van der Waals surface area contributed by atoms with Gasteiger partial charge in [-0.2, -0.15) is 0 Å². The van der Waals surface area contributed by atoms with Gasteiger partial charge in [-0.15, -0.1) is 0 Å². The summed E-state index contributed by atoms with van der Waals surface area (Å²) in [6.07, 6.45) is 13.8. The first-order valence-corrected chi connectivity index (χ1v) is 11.8. The average Bonchev–Trinajstić information content (AvgIpc) is 2.74. The molecule has 0 radical (unpaired) electrons. The normalized spacial score (nSPS) is 29.4. The predicted octanol–water partition coefficient (Wildman–Crippen LogP) is 8.97. The van der Waals surface area contributed by atoms with Gasteiger partial charge >= 0.3 is 0 Å². The van der Waals surface area contributed by atoms with Gasteiger partial charge in [0.25, 0.3) is 0 Å². The van der Waals surface area contributed by atoms with Crippen molar-refractivity contribution in [2.45, 2.75) is 96.8 Å². The zero-order valence-electron chi connectivity index (χ0n) is 17.9. The molecule has 0 N–H and O–H groups in total. The van der Waals surface area contributed by atoms with Crippen LogP contribution in [0.5, 0.6) is 0 Å². The van der Waals surface area contributed by atoms with Crippen LogP contribution in [0.3, 0.4) is 0 Å².